The predicted octanol–water partition coefficient (Wildman–Crippen LogP) is 1.86. The van der Waals surface area contributed by atoms with Crippen LogP contribution in [-0.4, -0.2) is 16.8 Å². The van der Waals surface area contributed by atoms with Crippen molar-refractivity contribution in [2.24, 2.45) is 0 Å². The number of ketones is 1. The lowest BCUT2D eigenvalue weighted by Crippen LogP contribution is -2.12. The number of hydrogen-bond acceptors (Lipinski definition) is 2. The van der Waals surface area contributed by atoms with Gasteiger partial charge in [-0.05, 0) is 25.5 Å². The summed E-state index contributed by atoms with van der Waals surface area (Å²) in [6.07, 6.45) is 2.71. The monoisotopic (exact) mass is 168 g/mol. The molecule has 1 atom stereocenters. The molecular formula is C9H12OS. The van der Waals surface area contributed by atoms with Gasteiger partial charge in [0.1, 0.15) is 0 Å². The zero-order valence-corrected chi connectivity index (χ0v) is 7.54. The minimum Gasteiger partial charge on any atom is -0.297 e. The first-order valence-electron chi connectivity index (χ1n) is 3.88. The van der Waals surface area contributed by atoms with Crippen molar-refractivity contribution in [2.45, 2.75) is 31.4 Å². The summed E-state index contributed by atoms with van der Waals surface area (Å²) in [6.45, 7) is 1.77. The molecule has 1 fully saturated rings. The van der Waals surface area contributed by atoms with E-state index in [1.54, 1.807) is 18.7 Å². The van der Waals surface area contributed by atoms with Gasteiger partial charge in [-0.25, -0.2) is 0 Å². The molecule has 1 heterocycles. The van der Waals surface area contributed by atoms with Gasteiger partial charge in [0.2, 0.25) is 0 Å². The maximum Gasteiger partial charge on any atom is 0.157 e. The molecule has 0 N–H and O–H groups in total. The third kappa shape index (κ3) is 2.59. The number of Topliss-reactive ketones (excluding diaryl/α,β-unsaturated/α-hetero) is 1. The Bertz CT molecular complexity index is 193. The van der Waals surface area contributed by atoms with E-state index in [9.17, 15) is 4.79 Å². The standard InChI is InChI=1S/C9H12OS/c1-2-3-5-8(10)9-6-4-7-11-9/h9H,4-7H2,1H3. The van der Waals surface area contributed by atoms with E-state index >= 15 is 0 Å². The van der Waals surface area contributed by atoms with Gasteiger partial charge in [-0.3, -0.25) is 4.79 Å². The Balaban J connectivity index is 2.32. The van der Waals surface area contributed by atoms with Crippen LogP contribution in [0.25, 0.3) is 0 Å². The van der Waals surface area contributed by atoms with Gasteiger partial charge >= 0.3 is 0 Å². The molecule has 0 radical (unpaired) electrons. The normalized spacial score (nSPS) is 22.5. The molecule has 1 aliphatic rings. The quantitative estimate of drug-likeness (QED) is 0.585. The molecule has 2 heteroatoms. The molecule has 0 aliphatic carbocycles. The van der Waals surface area contributed by atoms with E-state index < -0.39 is 0 Å². The predicted molar refractivity (Wildman–Crippen MR) is 48.6 cm³/mol. The van der Waals surface area contributed by atoms with Crippen molar-refractivity contribution < 1.29 is 4.79 Å². The maximum absolute atomic E-state index is 11.3. The molecule has 1 nitrogen and oxygen atoms in total. The zero-order chi connectivity index (χ0) is 8.10. The fraction of sp³-hybridized carbons (Fsp3) is 0.667. The summed E-state index contributed by atoms with van der Waals surface area (Å²) >= 11 is 1.78. The SMILES string of the molecule is CC#CCC(=O)C1CCCS1. The highest BCUT2D eigenvalue weighted by atomic mass is 32.2. The van der Waals surface area contributed by atoms with Crippen LogP contribution in [0.1, 0.15) is 26.2 Å². The summed E-state index contributed by atoms with van der Waals surface area (Å²) in [5.41, 5.74) is 0. The molecule has 0 saturated carbocycles. The van der Waals surface area contributed by atoms with E-state index in [4.69, 9.17) is 0 Å². The van der Waals surface area contributed by atoms with Gasteiger partial charge in [0.25, 0.3) is 0 Å². The highest BCUT2D eigenvalue weighted by molar-refractivity contribution is 8.00. The van der Waals surface area contributed by atoms with Crippen molar-refractivity contribution in [3.63, 3.8) is 0 Å². The minimum absolute atomic E-state index is 0.260. The fourth-order valence-corrected chi connectivity index (χ4v) is 2.34. The molecule has 60 valence electrons. The highest BCUT2D eigenvalue weighted by Gasteiger charge is 2.21. The highest BCUT2D eigenvalue weighted by Crippen LogP contribution is 2.27. The van der Waals surface area contributed by atoms with Gasteiger partial charge in [0.15, 0.2) is 5.78 Å². The van der Waals surface area contributed by atoms with Crippen molar-refractivity contribution in [3.05, 3.63) is 0 Å². The summed E-state index contributed by atoms with van der Waals surface area (Å²) in [6, 6.07) is 0. The van der Waals surface area contributed by atoms with Crippen LogP contribution in [0.4, 0.5) is 0 Å². The Morgan fingerprint density at radius 1 is 1.73 bits per heavy atom. The Kier molecular flexibility index (Phi) is 3.51. The van der Waals surface area contributed by atoms with Crippen LogP contribution < -0.4 is 0 Å². The molecule has 0 aromatic heterocycles. The first kappa shape index (κ1) is 8.67. The van der Waals surface area contributed by atoms with E-state index in [0.29, 0.717) is 12.2 Å². The van der Waals surface area contributed by atoms with Crippen LogP contribution in [-0.2, 0) is 4.79 Å². The number of rotatable bonds is 2. The van der Waals surface area contributed by atoms with Gasteiger partial charge in [-0.15, -0.1) is 5.92 Å². The van der Waals surface area contributed by atoms with Crippen molar-refractivity contribution in [1.29, 1.82) is 0 Å². The van der Waals surface area contributed by atoms with Crippen LogP contribution >= 0.6 is 11.8 Å². The van der Waals surface area contributed by atoms with Gasteiger partial charge < -0.3 is 0 Å². The average molecular weight is 168 g/mol. The second-order valence-corrected chi connectivity index (χ2v) is 3.88. The Hall–Kier alpha value is -0.420. The number of carbonyl (C=O) groups excluding carboxylic acids is 1. The van der Waals surface area contributed by atoms with Crippen LogP contribution in [0.15, 0.2) is 0 Å². The van der Waals surface area contributed by atoms with E-state index in [2.05, 4.69) is 11.8 Å². The number of hydrogen-bond donors (Lipinski definition) is 0. The van der Waals surface area contributed by atoms with Crippen LogP contribution in [0.5, 0.6) is 0 Å². The van der Waals surface area contributed by atoms with E-state index in [-0.39, 0.29) is 5.25 Å². The van der Waals surface area contributed by atoms with Gasteiger partial charge in [-0.2, -0.15) is 11.8 Å². The molecule has 1 rings (SSSR count). The van der Waals surface area contributed by atoms with Crippen molar-refractivity contribution >= 4 is 17.5 Å². The summed E-state index contributed by atoms with van der Waals surface area (Å²) in [5, 5.41) is 0.260. The first-order valence-corrected chi connectivity index (χ1v) is 4.93. The Morgan fingerprint density at radius 2 is 2.55 bits per heavy atom. The molecule has 1 saturated heterocycles. The Morgan fingerprint density at radius 3 is 3.09 bits per heavy atom. The van der Waals surface area contributed by atoms with Gasteiger partial charge in [0, 0.05) is 0 Å². The largest absolute Gasteiger partial charge is 0.297 e. The molecule has 1 unspecified atom stereocenters. The molecule has 0 amide bonds. The lowest BCUT2D eigenvalue weighted by Gasteiger charge is -2.02. The van der Waals surface area contributed by atoms with E-state index in [1.807, 2.05) is 0 Å². The first-order chi connectivity index (χ1) is 5.34. The summed E-state index contributed by atoms with van der Waals surface area (Å²) in [7, 11) is 0. The molecule has 0 aromatic rings. The molecule has 0 bridgehead atoms. The maximum atomic E-state index is 11.3. The minimum atomic E-state index is 0.260. The molecule has 1 aliphatic heterocycles. The topological polar surface area (TPSA) is 17.1 Å². The average Bonchev–Trinajstić information content (AvgIpc) is 2.52. The number of carbonyl (C=O) groups is 1. The summed E-state index contributed by atoms with van der Waals surface area (Å²) < 4.78 is 0. The zero-order valence-electron chi connectivity index (χ0n) is 6.72. The van der Waals surface area contributed by atoms with Crippen LogP contribution in [0.2, 0.25) is 0 Å². The van der Waals surface area contributed by atoms with E-state index in [0.717, 1.165) is 12.2 Å². The van der Waals surface area contributed by atoms with Crippen molar-refractivity contribution in [2.75, 3.05) is 5.75 Å². The smallest absolute Gasteiger partial charge is 0.157 e. The second kappa shape index (κ2) is 4.46. The lowest BCUT2D eigenvalue weighted by molar-refractivity contribution is -0.117. The third-order valence-electron chi connectivity index (χ3n) is 1.73. The van der Waals surface area contributed by atoms with Crippen molar-refractivity contribution in [3.8, 4) is 11.8 Å². The fourth-order valence-electron chi connectivity index (χ4n) is 1.12. The third-order valence-corrected chi connectivity index (χ3v) is 3.15. The molecule has 11 heavy (non-hydrogen) atoms. The second-order valence-electron chi connectivity index (χ2n) is 2.57. The van der Waals surface area contributed by atoms with Crippen LogP contribution in [0, 0.1) is 11.8 Å². The number of thioether (sulfide) groups is 1. The van der Waals surface area contributed by atoms with Crippen molar-refractivity contribution in [1.82, 2.24) is 0 Å². The Labute approximate surface area is 71.9 Å². The molecule has 0 spiro atoms. The molecule has 0 aromatic carbocycles. The summed E-state index contributed by atoms with van der Waals surface area (Å²) in [5.74, 6) is 7.02. The molecular weight excluding hydrogens is 156 g/mol. The summed E-state index contributed by atoms with van der Waals surface area (Å²) in [4.78, 5) is 11.3. The van der Waals surface area contributed by atoms with Gasteiger partial charge in [0.05, 0.1) is 11.7 Å². The van der Waals surface area contributed by atoms with Crippen LogP contribution in [0.3, 0.4) is 0 Å². The lowest BCUT2D eigenvalue weighted by atomic mass is 10.1. The van der Waals surface area contributed by atoms with E-state index in [1.165, 1.54) is 6.42 Å². The van der Waals surface area contributed by atoms with Gasteiger partial charge in [-0.1, -0.05) is 5.92 Å².